The SMILES string of the molecule is CCNc1cc(C(F)(F)F)cc(OCCC(C)C)n1. The molecule has 3 nitrogen and oxygen atoms in total. The van der Waals surface area contributed by atoms with E-state index in [-0.39, 0.29) is 11.7 Å². The van der Waals surface area contributed by atoms with E-state index in [4.69, 9.17) is 4.74 Å². The third kappa shape index (κ3) is 5.36. The van der Waals surface area contributed by atoms with E-state index >= 15 is 0 Å². The molecule has 0 atom stereocenters. The molecular weight excluding hydrogens is 257 g/mol. The van der Waals surface area contributed by atoms with Crippen LogP contribution in [0.3, 0.4) is 0 Å². The van der Waals surface area contributed by atoms with Gasteiger partial charge in [0.25, 0.3) is 0 Å². The van der Waals surface area contributed by atoms with Gasteiger partial charge in [-0.25, -0.2) is 0 Å². The van der Waals surface area contributed by atoms with Gasteiger partial charge >= 0.3 is 6.18 Å². The Morgan fingerprint density at radius 3 is 2.53 bits per heavy atom. The Balaban J connectivity index is 2.87. The standard InChI is InChI=1S/C13H19F3N2O/c1-4-17-11-7-10(13(14,15)16)8-12(18-11)19-6-5-9(2)3/h7-9H,4-6H2,1-3H3,(H,17,18). The number of ether oxygens (including phenoxy) is 1. The first-order valence-electron chi connectivity index (χ1n) is 6.29. The van der Waals surface area contributed by atoms with Crippen molar-refractivity contribution < 1.29 is 17.9 Å². The van der Waals surface area contributed by atoms with Gasteiger partial charge in [-0.15, -0.1) is 0 Å². The number of pyridine rings is 1. The van der Waals surface area contributed by atoms with Crippen LogP contribution < -0.4 is 10.1 Å². The van der Waals surface area contributed by atoms with E-state index in [1.807, 2.05) is 13.8 Å². The van der Waals surface area contributed by atoms with Gasteiger partial charge in [0.05, 0.1) is 12.2 Å². The molecule has 1 rings (SSSR count). The quantitative estimate of drug-likeness (QED) is 0.854. The number of anilines is 1. The van der Waals surface area contributed by atoms with Gasteiger partial charge in [-0.05, 0) is 25.3 Å². The molecule has 0 unspecified atom stereocenters. The maximum atomic E-state index is 12.7. The third-order valence-corrected chi connectivity index (χ3v) is 2.43. The van der Waals surface area contributed by atoms with Crippen molar-refractivity contribution in [3.63, 3.8) is 0 Å². The lowest BCUT2D eigenvalue weighted by Crippen LogP contribution is -2.10. The Labute approximate surface area is 111 Å². The van der Waals surface area contributed by atoms with Crippen molar-refractivity contribution in [2.45, 2.75) is 33.4 Å². The number of hydrogen-bond acceptors (Lipinski definition) is 3. The molecule has 1 N–H and O–H groups in total. The normalized spacial score (nSPS) is 11.7. The highest BCUT2D eigenvalue weighted by atomic mass is 19.4. The number of rotatable bonds is 6. The van der Waals surface area contributed by atoms with Crippen LogP contribution in [0, 0.1) is 5.92 Å². The maximum Gasteiger partial charge on any atom is 0.416 e. The van der Waals surface area contributed by atoms with Crippen LogP contribution in [0.4, 0.5) is 19.0 Å². The van der Waals surface area contributed by atoms with E-state index in [1.165, 1.54) is 0 Å². The molecule has 1 aromatic rings. The van der Waals surface area contributed by atoms with Gasteiger partial charge < -0.3 is 10.1 Å². The van der Waals surface area contributed by atoms with E-state index in [1.54, 1.807) is 6.92 Å². The smallest absolute Gasteiger partial charge is 0.416 e. The highest BCUT2D eigenvalue weighted by molar-refractivity contribution is 5.42. The van der Waals surface area contributed by atoms with Crippen LogP contribution in [0.5, 0.6) is 5.88 Å². The Morgan fingerprint density at radius 1 is 1.32 bits per heavy atom. The number of nitrogens with one attached hydrogen (secondary N) is 1. The monoisotopic (exact) mass is 276 g/mol. The first-order chi connectivity index (χ1) is 8.82. The van der Waals surface area contributed by atoms with Crippen molar-refractivity contribution in [2.75, 3.05) is 18.5 Å². The first-order valence-corrected chi connectivity index (χ1v) is 6.29. The van der Waals surface area contributed by atoms with Gasteiger partial charge in [0.1, 0.15) is 5.82 Å². The highest BCUT2D eigenvalue weighted by Crippen LogP contribution is 2.32. The van der Waals surface area contributed by atoms with E-state index in [2.05, 4.69) is 10.3 Å². The second-order valence-corrected chi connectivity index (χ2v) is 4.64. The number of hydrogen-bond donors (Lipinski definition) is 1. The predicted molar refractivity (Wildman–Crippen MR) is 68.4 cm³/mol. The fraction of sp³-hybridized carbons (Fsp3) is 0.615. The Hall–Kier alpha value is -1.46. The summed E-state index contributed by atoms with van der Waals surface area (Å²) in [6.07, 6.45) is -3.63. The van der Waals surface area contributed by atoms with Gasteiger partial charge in [0.2, 0.25) is 5.88 Å². The molecule has 1 heterocycles. The predicted octanol–water partition coefficient (Wildman–Crippen LogP) is 3.96. The highest BCUT2D eigenvalue weighted by Gasteiger charge is 2.31. The summed E-state index contributed by atoms with van der Waals surface area (Å²) in [7, 11) is 0. The molecule has 0 saturated carbocycles. The van der Waals surface area contributed by atoms with Crippen molar-refractivity contribution in [1.29, 1.82) is 0 Å². The minimum absolute atomic E-state index is 0.00595. The molecule has 0 bridgehead atoms. The first kappa shape index (κ1) is 15.6. The molecular formula is C13H19F3N2O. The molecule has 0 aliphatic heterocycles. The summed E-state index contributed by atoms with van der Waals surface area (Å²) < 4.78 is 43.5. The van der Waals surface area contributed by atoms with Crippen LogP contribution in [0.15, 0.2) is 12.1 Å². The Bertz CT molecular complexity index is 405. The molecule has 108 valence electrons. The van der Waals surface area contributed by atoms with Crippen LogP contribution in [0.1, 0.15) is 32.8 Å². The van der Waals surface area contributed by atoms with Gasteiger partial charge in [-0.1, -0.05) is 13.8 Å². The lowest BCUT2D eigenvalue weighted by molar-refractivity contribution is -0.137. The topological polar surface area (TPSA) is 34.1 Å². The summed E-state index contributed by atoms with van der Waals surface area (Å²) in [5.74, 6) is 0.613. The van der Waals surface area contributed by atoms with E-state index in [0.29, 0.717) is 19.1 Å². The zero-order chi connectivity index (χ0) is 14.5. The van der Waals surface area contributed by atoms with Crippen molar-refractivity contribution in [3.8, 4) is 5.88 Å². The zero-order valence-corrected chi connectivity index (χ0v) is 11.3. The fourth-order valence-corrected chi connectivity index (χ4v) is 1.41. The summed E-state index contributed by atoms with van der Waals surface area (Å²) in [5, 5.41) is 2.77. The summed E-state index contributed by atoms with van der Waals surface area (Å²) in [4.78, 5) is 4.00. The zero-order valence-electron chi connectivity index (χ0n) is 11.3. The van der Waals surface area contributed by atoms with Gasteiger partial charge in [0, 0.05) is 12.6 Å². The fourth-order valence-electron chi connectivity index (χ4n) is 1.41. The maximum absolute atomic E-state index is 12.7. The van der Waals surface area contributed by atoms with E-state index < -0.39 is 11.7 Å². The van der Waals surface area contributed by atoms with Gasteiger partial charge in [-0.3, -0.25) is 0 Å². The molecule has 0 aliphatic rings. The summed E-state index contributed by atoms with van der Waals surface area (Å²) in [5.41, 5.74) is -0.752. The lowest BCUT2D eigenvalue weighted by atomic mass is 10.1. The van der Waals surface area contributed by atoms with Crippen LogP contribution in [0.2, 0.25) is 0 Å². The second-order valence-electron chi connectivity index (χ2n) is 4.64. The van der Waals surface area contributed by atoms with E-state index in [0.717, 1.165) is 18.6 Å². The molecule has 0 aromatic carbocycles. The molecule has 0 saturated heterocycles. The Morgan fingerprint density at radius 2 is 2.00 bits per heavy atom. The molecule has 0 fully saturated rings. The van der Waals surface area contributed by atoms with Crippen molar-refractivity contribution >= 4 is 5.82 Å². The second kappa shape index (κ2) is 6.63. The number of alkyl halides is 3. The molecule has 1 aromatic heterocycles. The minimum Gasteiger partial charge on any atom is -0.478 e. The van der Waals surface area contributed by atoms with Gasteiger partial charge in [0.15, 0.2) is 0 Å². The van der Waals surface area contributed by atoms with Crippen LogP contribution in [-0.2, 0) is 6.18 Å². The molecule has 0 spiro atoms. The van der Waals surface area contributed by atoms with Crippen molar-refractivity contribution in [2.24, 2.45) is 5.92 Å². The van der Waals surface area contributed by atoms with Crippen LogP contribution in [0.25, 0.3) is 0 Å². The molecule has 0 amide bonds. The molecule has 0 radical (unpaired) electrons. The van der Waals surface area contributed by atoms with Gasteiger partial charge in [-0.2, -0.15) is 18.2 Å². The third-order valence-electron chi connectivity index (χ3n) is 2.43. The lowest BCUT2D eigenvalue weighted by Gasteiger charge is -2.13. The van der Waals surface area contributed by atoms with Crippen LogP contribution >= 0.6 is 0 Å². The molecule has 6 heteroatoms. The number of nitrogens with zero attached hydrogens (tertiary/aromatic N) is 1. The minimum atomic E-state index is -4.40. The summed E-state index contributed by atoms with van der Waals surface area (Å²) >= 11 is 0. The number of halogens is 3. The van der Waals surface area contributed by atoms with Crippen molar-refractivity contribution in [1.82, 2.24) is 4.98 Å². The largest absolute Gasteiger partial charge is 0.478 e. The number of aromatic nitrogens is 1. The molecule has 19 heavy (non-hydrogen) atoms. The average Bonchev–Trinajstić information content (AvgIpc) is 2.27. The summed E-state index contributed by atoms with van der Waals surface area (Å²) in [6, 6.07) is 1.92. The Kier molecular flexibility index (Phi) is 5.44. The van der Waals surface area contributed by atoms with E-state index in [9.17, 15) is 13.2 Å². The molecule has 0 aliphatic carbocycles. The van der Waals surface area contributed by atoms with Crippen LogP contribution in [-0.4, -0.2) is 18.1 Å². The summed E-state index contributed by atoms with van der Waals surface area (Å²) in [6.45, 7) is 6.69. The van der Waals surface area contributed by atoms with Crippen molar-refractivity contribution in [3.05, 3.63) is 17.7 Å². The average molecular weight is 276 g/mol.